The normalized spacial score (nSPS) is 15.9. The van der Waals surface area contributed by atoms with E-state index in [0.717, 1.165) is 42.9 Å². The van der Waals surface area contributed by atoms with Gasteiger partial charge in [-0.25, -0.2) is 4.79 Å². The van der Waals surface area contributed by atoms with Crippen molar-refractivity contribution in [3.05, 3.63) is 50.3 Å². The van der Waals surface area contributed by atoms with E-state index in [9.17, 15) is 9.59 Å². The summed E-state index contributed by atoms with van der Waals surface area (Å²) in [6.07, 6.45) is 2.04. The molecule has 7 nitrogen and oxygen atoms in total. The molecular formula is C22H34Cl2N4O3. The zero-order chi connectivity index (χ0) is 21.3. The maximum atomic E-state index is 13.1. The standard InChI is InChI=1S/C22H32N4O3.2ClH/c1-13(2)26-16(5)18(15(4)24-26)12-25(6)21(27)20-14(3)10-19(29-22(20)28)17-8-7-9-23-11-17;;/h10,13,17,23H,7-9,11-12H2,1-6H3;2*1H. The predicted molar refractivity (Wildman–Crippen MR) is 127 cm³/mol. The van der Waals surface area contributed by atoms with Gasteiger partial charge in [0.1, 0.15) is 11.3 Å². The lowest BCUT2D eigenvalue weighted by Gasteiger charge is -2.23. The summed E-state index contributed by atoms with van der Waals surface area (Å²) in [5.74, 6) is 0.536. The zero-order valence-corrected chi connectivity index (χ0v) is 20.8. The second-order valence-electron chi connectivity index (χ2n) is 8.39. The van der Waals surface area contributed by atoms with Gasteiger partial charge in [-0.15, -0.1) is 24.8 Å². The number of halogens is 2. The van der Waals surface area contributed by atoms with Gasteiger partial charge in [-0.1, -0.05) is 0 Å². The number of aromatic nitrogens is 2. The second kappa shape index (κ2) is 11.2. The summed E-state index contributed by atoms with van der Waals surface area (Å²) in [5.41, 5.74) is 3.20. The Morgan fingerprint density at radius 2 is 2.00 bits per heavy atom. The van der Waals surface area contributed by atoms with Crippen LogP contribution in [0.1, 0.15) is 77.3 Å². The molecule has 0 radical (unpaired) electrons. The van der Waals surface area contributed by atoms with Crippen LogP contribution in [-0.2, 0) is 6.54 Å². The van der Waals surface area contributed by atoms with Crippen molar-refractivity contribution in [1.82, 2.24) is 20.0 Å². The SMILES string of the molecule is Cc1cc(C2CCCNC2)oc(=O)c1C(=O)N(C)Cc1c(C)nn(C(C)C)c1C.Cl.Cl. The second-order valence-corrected chi connectivity index (χ2v) is 8.39. The number of piperidine rings is 1. The molecule has 1 aliphatic heterocycles. The van der Waals surface area contributed by atoms with Crippen LogP contribution in [-0.4, -0.2) is 40.7 Å². The third-order valence-electron chi connectivity index (χ3n) is 5.79. The van der Waals surface area contributed by atoms with Crippen LogP contribution in [0.4, 0.5) is 0 Å². The average molecular weight is 473 g/mol. The molecule has 3 heterocycles. The number of hydrogen-bond acceptors (Lipinski definition) is 5. The average Bonchev–Trinajstić information content (AvgIpc) is 2.96. The minimum atomic E-state index is -0.547. The van der Waals surface area contributed by atoms with Crippen molar-refractivity contribution in [3.63, 3.8) is 0 Å². The van der Waals surface area contributed by atoms with Gasteiger partial charge in [0.2, 0.25) is 0 Å². The summed E-state index contributed by atoms with van der Waals surface area (Å²) in [4.78, 5) is 27.3. The smallest absolute Gasteiger partial charge is 0.349 e. The van der Waals surface area contributed by atoms with Crippen LogP contribution in [0.3, 0.4) is 0 Å². The lowest BCUT2D eigenvalue weighted by molar-refractivity contribution is 0.0778. The molecule has 2 aromatic rings. The minimum Gasteiger partial charge on any atom is -0.427 e. The van der Waals surface area contributed by atoms with Crippen LogP contribution >= 0.6 is 24.8 Å². The molecule has 0 bridgehead atoms. The lowest BCUT2D eigenvalue weighted by Crippen LogP contribution is -2.33. The number of carbonyl (C=O) groups is 1. The number of rotatable bonds is 5. The number of hydrogen-bond donors (Lipinski definition) is 1. The van der Waals surface area contributed by atoms with Gasteiger partial charge in [0.05, 0.1) is 5.69 Å². The van der Waals surface area contributed by atoms with Gasteiger partial charge in [0.25, 0.3) is 5.91 Å². The van der Waals surface area contributed by atoms with Gasteiger partial charge in [-0.3, -0.25) is 9.48 Å². The van der Waals surface area contributed by atoms with Gasteiger partial charge >= 0.3 is 5.63 Å². The monoisotopic (exact) mass is 472 g/mol. The first-order valence-corrected chi connectivity index (χ1v) is 10.4. The number of amides is 1. The van der Waals surface area contributed by atoms with E-state index in [4.69, 9.17) is 4.42 Å². The molecule has 0 saturated carbocycles. The Balaban J connectivity index is 0.00000240. The summed E-state index contributed by atoms with van der Waals surface area (Å²) >= 11 is 0. The molecule has 1 aliphatic rings. The predicted octanol–water partition coefficient (Wildman–Crippen LogP) is 3.93. The maximum absolute atomic E-state index is 13.1. The number of carbonyl (C=O) groups excluding carboxylic acids is 1. The van der Waals surface area contributed by atoms with Gasteiger partial charge < -0.3 is 14.6 Å². The molecule has 0 aliphatic carbocycles. The largest absolute Gasteiger partial charge is 0.427 e. The first-order valence-electron chi connectivity index (χ1n) is 10.4. The fraction of sp³-hybridized carbons (Fsp3) is 0.591. The maximum Gasteiger partial charge on any atom is 0.349 e. The van der Waals surface area contributed by atoms with Crippen LogP contribution in [0.15, 0.2) is 15.3 Å². The van der Waals surface area contributed by atoms with Gasteiger partial charge in [-0.2, -0.15) is 5.10 Å². The van der Waals surface area contributed by atoms with Crippen LogP contribution in [0.5, 0.6) is 0 Å². The first-order chi connectivity index (χ1) is 13.7. The van der Waals surface area contributed by atoms with Crippen molar-refractivity contribution in [3.8, 4) is 0 Å². The summed E-state index contributed by atoms with van der Waals surface area (Å²) in [6.45, 7) is 12.1. The third-order valence-corrected chi connectivity index (χ3v) is 5.79. The molecule has 31 heavy (non-hydrogen) atoms. The molecule has 0 spiro atoms. The van der Waals surface area contributed by atoms with E-state index in [1.54, 1.807) is 11.9 Å². The molecule has 3 rings (SSSR count). The summed E-state index contributed by atoms with van der Waals surface area (Å²) in [5, 5.41) is 7.92. The van der Waals surface area contributed by atoms with Crippen LogP contribution < -0.4 is 10.9 Å². The van der Waals surface area contributed by atoms with Crippen LogP contribution in [0.25, 0.3) is 0 Å². The Labute approximate surface area is 196 Å². The van der Waals surface area contributed by atoms with E-state index in [-0.39, 0.29) is 48.2 Å². The molecule has 1 atom stereocenters. The summed E-state index contributed by atoms with van der Waals surface area (Å²) < 4.78 is 7.54. The van der Waals surface area contributed by atoms with E-state index in [1.807, 2.05) is 31.5 Å². The quantitative estimate of drug-likeness (QED) is 0.712. The topological polar surface area (TPSA) is 80.4 Å². The third kappa shape index (κ3) is 5.70. The molecular weight excluding hydrogens is 439 g/mol. The highest BCUT2D eigenvalue weighted by atomic mass is 35.5. The Kier molecular flexibility index (Phi) is 9.79. The Hall–Kier alpha value is -1.83. The van der Waals surface area contributed by atoms with Crippen molar-refractivity contribution in [1.29, 1.82) is 0 Å². The molecule has 1 amide bonds. The van der Waals surface area contributed by atoms with E-state index in [2.05, 4.69) is 24.3 Å². The molecule has 1 saturated heterocycles. The van der Waals surface area contributed by atoms with Crippen molar-refractivity contribution in [2.75, 3.05) is 20.1 Å². The van der Waals surface area contributed by atoms with Crippen molar-refractivity contribution in [2.24, 2.45) is 0 Å². The van der Waals surface area contributed by atoms with E-state index >= 15 is 0 Å². The highest BCUT2D eigenvalue weighted by Gasteiger charge is 2.25. The van der Waals surface area contributed by atoms with Crippen molar-refractivity contribution >= 4 is 30.7 Å². The van der Waals surface area contributed by atoms with E-state index < -0.39 is 5.63 Å². The van der Waals surface area contributed by atoms with Gasteiger partial charge in [-0.05, 0) is 65.6 Å². The highest BCUT2D eigenvalue weighted by molar-refractivity contribution is 5.95. The Morgan fingerprint density at radius 1 is 1.32 bits per heavy atom. The Bertz CT molecular complexity index is 962. The molecule has 1 fully saturated rings. The number of aryl methyl sites for hydroxylation is 2. The van der Waals surface area contributed by atoms with E-state index in [1.165, 1.54) is 0 Å². The highest BCUT2D eigenvalue weighted by Crippen LogP contribution is 2.24. The Morgan fingerprint density at radius 3 is 2.52 bits per heavy atom. The molecule has 9 heteroatoms. The van der Waals surface area contributed by atoms with Crippen LogP contribution in [0, 0.1) is 20.8 Å². The first kappa shape index (κ1) is 27.2. The molecule has 1 unspecified atom stereocenters. The fourth-order valence-corrected chi connectivity index (χ4v) is 4.11. The molecule has 2 aromatic heterocycles. The zero-order valence-electron chi connectivity index (χ0n) is 19.2. The lowest BCUT2D eigenvalue weighted by atomic mass is 9.95. The molecule has 1 N–H and O–H groups in total. The van der Waals surface area contributed by atoms with Gasteiger partial charge in [0, 0.05) is 43.4 Å². The summed E-state index contributed by atoms with van der Waals surface area (Å²) in [6, 6.07) is 2.10. The van der Waals surface area contributed by atoms with Crippen molar-refractivity contribution < 1.29 is 9.21 Å². The van der Waals surface area contributed by atoms with Crippen LogP contribution in [0.2, 0.25) is 0 Å². The minimum absolute atomic E-state index is 0. The molecule has 174 valence electrons. The summed E-state index contributed by atoms with van der Waals surface area (Å²) in [7, 11) is 1.71. The number of nitrogens with zero attached hydrogens (tertiary/aromatic N) is 3. The fourth-order valence-electron chi connectivity index (χ4n) is 4.11. The van der Waals surface area contributed by atoms with E-state index in [0.29, 0.717) is 17.9 Å². The van der Waals surface area contributed by atoms with Crippen molar-refractivity contribution in [2.45, 2.75) is 66.0 Å². The van der Waals surface area contributed by atoms with Gasteiger partial charge in [0.15, 0.2) is 0 Å². The molecule has 0 aromatic carbocycles. The number of nitrogens with one attached hydrogen (secondary N) is 1.